The van der Waals surface area contributed by atoms with Gasteiger partial charge in [-0.15, -0.1) is 0 Å². The number of para-hydroxylation sites is 1. The fourth-order valence-corrected chi connectivity index (χ4v) is 2.56. The van der Waals surface area contributed by atoms with Gasteiger partial charge in [0.25, 0.3) is 5.91 Å². The predicted molar refractivity (Wildman–Crippen MR) is 72.1 cm³/mol. The van der Waals surface area contributed by atoms with Crippen molar-refractivity contribution in [2.75, 3.05) is 19.8 Å². The number of benzene rings is 1. The first-order valence-corrected chi connectivity index (χ1v) is 6.66. The zero-order valence-electron chi connectivity index (χ0n) is 11.0. The third-order valence-corrected chi connectivity index (χ3v) is 3.67. The predicted octanol–water partition coefficient (Wildman–Crippen LogP) is 2.68. The highest BCUT2D eigenvalue weighted by molar-refractivity contribution is 6.06. The number of morpholine rings is 1. The van der Waals surface area contributed by atoms with E-state index >= 15 is 0 Å². The summed E-state index contributed by atoms with van der Waals surface area (Å²) in [4.78, 5) is 14.6. The summed E-state index contributed by atoms with van der Waals surface area (Å²) >= 11 is 0. The first kappa shape index (κ1) is 12.2. The molecular weight excluding hydrogens is 242 g/mol. The summed E-state index contributed by atoms with van der Waals surface area (Å²) < 4.78 is 10.9. The first-order chi connectivity index (χ1) is 9.31. The first-order valence-electron chi connectivity index (χ1n) is 6.66. The molecule has 0 saturated carbocycles. The third kappa shape index (κ3) is 2.12. The summed E-state index contributed by atoms with van der Waals surface area (Å²) in [6.45, 7) is 3.96. The van der Waals surface area contributed by atoms with Crippen LogP contribution in [0, 0.1) is 0 Å². The Morgan fingerprint density at radius 3 is 3.11 bits per heavy atom. The summed E-state index contributed by atoms with van der Waals surface area (Å²) in [5.41, 5.74) is 1.41. The van der Waals surface area contributed by atoms with E-state index in [0.29, 0.717) is 25.3 Å². The van der Waals surface area contributed by atoms with Crippen LogP contribution in [0.1, 0.15) is 23.7 Å². The average molecular weight is 259 g/mol. The smallest absolute Gasteiger partial charge is 0.258 e. The molecule has 1 aliphatic rings. The highest BCUT2D eigenvalue weighted by atomic mass is 16.5. The number of furan rings is 1. The van der Waals surface area contributed by atoms with Crippen molar-refractivity contribution in [3.05, 3.63) is 36.1 Å². The third-order valence-electron chi connectivity index (χ3n) is 3.67. The van der Waals surface area contributed by atoms with Crippen LogP contribution >= 0.6 is 0 Å². The Labute approximate surface area is 111 Å². The number of fused-ring (bicyclic) bond motifs is 1. The van der Waals surface area contributed by atoms with Gasteiger partial charge in [-0.1, -0.05) is 25.1 Å². The van der Waals surface area contributed by atoms with Crippen LogP contribution in [0.15, 0.2) is 34.9 Å². The van der Waals surface area contributed by atoms with Crippen LogP contribution in [-0.2, 0) is 4.74 Å². The highest BCUT2D eigenvalue weighted by Crippen LogP contribution is 2.24. The number of carbonyl (C=O) groups is 1. The molecule has 0 aliphatic carbocycles. The molecule has 3 rings (SSSR count). The van der Waals surface area contributed by atoms with Crippen molar-refractivity contribution in [2.45, 2.75) is 19.4 Å². The number of ether oxygens (including phenoxy) is 1. The Morgan fingerprint density at radius 2 is 2.26 bits per heavy atom. The van der Waals surface area contributed by atoms with Crippen molar-refractivity contribution < 1.29 is 13.9 Å². The lowest BCUT2D eigenvalue weighted by Crippen LogP contribution is -2.48. The van der Waals surface area contributed by atoms with Gasteiger partial charge in [-0.3, -0.25) is 4.79 Å². The molecule has 0 radical (unpaired) electrons. The van der Waals surface area contributed by atoms with Crippen LogP contribution in [0.2, 0.25) is 0 Å². The minimum Gasteiger partial charge on any atom is -0.463 e. The van der Waals surface area contributed by atoms with Gasteiger partial charge in [0, 0.05) is 11.9 Å². The van der Waals surface area contributed by atoms with E-state index in [9.17, 15) is 4.79 Å². The number of carbonyl (C=O) groups excluding carboxylic acids is 1. The molecule has 1 fully saturated rings. The van der Waals surface area contributed by atoms with E-state index in [1.165, 1.54) is 0 Å². The van der Waals surface area contributed by atoms with E-state index in [-0.39, 0.29) is 11.9 Å². The highest BCUT2D eigenvalue weighted by Gasteiger charge is 2.28. The molecule has 0 N–H and O–H groups in total. The van der Waals surface area contributed by atoms with E-state index < -0.39 is 0 Å². The van der Waals surface area contributed by atoms with Gasteiger partial charge in [-0.2, -0.15) is 0 Å². The quantitative estimate of drug-likeness (QED) is 0.832. The van der Waals surface area contributed by atoms with Gasteiger partial charge in [-0.25, -0.2) is 0 Å². The SMILES string of the molecule is CCC1COCCN1C(=O)c1coc2ccccc12. The second-order valence-corrected chi connectivity index (χ2v) is 4.78. The van der Waals surface area contributed by atoms with Gasteiger partial charge < -0.3 is 14.1 Å². The van der Waals surface area contributed by atoms with Crippen LogP contribution < -0.4 is 0 Å². The molecule has 1 saturated heterocycles. The van der Waals surface area contributed by atoms with Crippen molar-refractivity contribution >= 4 is 16.9 Å². The number of rotatable bonds is 2. The zero-order valence-corrected chi connectivity index (χ0v) is 11.0. The van der Waals surface area contributed by atoms with Gasteiger partial charge in [0.1, 0.15) is 11.8 Å². The number of amides is 1. The largest absolute Gasteiger partial charge is 0.463 e. The molecule has 1 aliphatic heterocycles. The lowest BCUT2D eigenvalue weighted by Gasteiger charge is -2.34. The summed E-state index contributed by atoms with van der Waals surface area (Å²) in [5, 5.41) is 0.883. The van der Waals surface area contributed by atoms with E-state index in [2.05, 4.69) is 6.92 Å². The zero-order chi connectivity index (χ0) is 13.2. The maximum atomic E-state index is 12.7. The van der Waals surface area contributed by atoms with Crippen LogP contribution in [0.5, 0.6) is 0 Å². The Bertz CT molecular complexity index is 590. The average Bonchev–Trinajstić information content (AvgIpc) is 2.90. The van der Waals surface area contributed by atoms with Crippen molar-refractivity contribution in [3.63, 3.8) is 0 Å². The van der Waals surface area contributed by atoms with Crippen molar-refractivity contribution in [2.24, 2.45) is 0 Å². The minimum absolute atomic E-state index is 0.0418. The van der Waals surface area contributed by atoms with Gasteiger partial charge in [-0.05, 0) is 12.5 Å². The minimum atomic E-state index is 0.0418. The van der Waals surface area contributed by atoms with Gasteiger partial charge >= 0.3 is 0 Å². The molecule has 0 bridgehead atoms. The number of hydrogen-bond acceptors (Lipinski definition) is 3. The second kappa shape index (κ2) is 5.05. The maximum absolute atomic E-state index is 12.7. The summed E-state index contributed by atoms with van der Waals surface area (Å²) in [6.07, 6.45) is 2.47. The molecular formula is C15H17NO3. The Balaban J connectivity index is 1.94. The van der Waals surface area contributed by atoms with Gasteiger partial charge in [0.2, 0.25) is 0 Å². The second-order valence-electron chi connectivity index (χ2n) is 4.78. The van der Waals surface area contributed by atoms with E-state index in [4.69, 9.17) is 9.15 Å². The topological polar surface area (TPSA) is 42.7 Å². The molecule has 4 nitrogen and oxygen atoms in total. The number of nitrogens with zero attached hydrogens (tertiary/aromatic N) is 1. The lowest BCUT2D eigenvalue weighted by atomic mass is 10.1. The molecule has 2 aromatic rings. The van der Waals surface area contributed by atoms with Crippen molar-refractivity contribution in [1.82, 2.24) is 4.90 Å². The maximum Gasteiger partial charge on any atom is 0.258 e. The van der Waals surface area contributed by atoms with Crippen LogP contribution in [0.4, 0.5) is 0 Å². The summed E-state index contributed by atoms with van der Waals surface area (Å²) in [7, 11) is 0. The van der Waals surface area contributed by atoms with E-state index in [1.54, 1.807) is 6.26 Å². The van der Waals surface area contributed by atoms with Crippen LogP contribution in [-0.4, -0.2) is 36.6 Å². The molecule has 1 atom stereocenters. The van der Waals surface area contributed by atoms with Crippen molar-refractivity contribution in [1.29, 1.82) is 0 Å². The summed E-state index contributed by atoms with van der Waals surface area (Å²) in [6, 6.07) is 7.79. The monoisotopic (exact) mass is 259 g/mol. The van der Waals surface area contributed by atoms with Gasteiger partial charge in [0.15, 0.2) is 0 Å². The Morgan fingerprint density at radius 1 is 1.42 bits per heavy atom. The van der Waals surface area contributed by atoms with Crippen LogP contribution in [0.25, 0.3) is 11.0 Å². The van der Waals surface area contributed by atoms with Gasteiger partial charge in [0.05, 0.1) is 24.8 Å². The van der Waals surface area contributed by atoms with Crippen molar-refractivity contribution in [3.8, 4) is 0 Å². The molecule has 4 heteroatoms. The molecule has 1 aromatic heterocycles. The molecule has 100 valence electrons. The molecule has 0 spiro atoms. The Kier molecular flexibility index (Phi) is 3.25. The van der Waals surface area contributed by atoms with E-state index in [1.807, 2.05) is 29.2 Å². The van der Waals surface area contributed by atoms with E-state index in [0.717, 1.165) is 17.4 Å². The molecule has 1 unspecified atom stereocenters. The molecule has 1 amide bonds. The Hall–Kier alpha value is -1.81. The fourth-order valence-electron chi connectivity index (χ4n) is 2.56. The lowest BCUT2D eigenvalue weighted by molar-refractivity contribution is -0.00274. The number of hydrogen-bond donors (Lipinski definition) is 0. The molecule has 19 heavy (non-hydrogen) atoms. The fraction of sp³-hybridized carbons (Fsp3) is 0.400. The van der Waals surface area contributed by atoms with Crippen LogP contribution in [0.3, 0.4) is 0 Å². The normalized spacial score (nSPS) is 19.8. The molecule has 1 aromatic carbocycles. The summed E-state index contributed by atoms with van der Waals surface area (Å²) in [5.74, 6) is 0.0418. The standard InChI is InChI=1S/C15H17NO3/c1-2-11-9-18-8-7-16(11)15(17)13-10-19-14-6-4-3-5-12(13)14/h3-6,10-11H,2,7-9H2,1H3. The molecule has 2 heterocycles.